The number of hydrogen-bond acceptors (Lipinski definition) is 4. The van der Waals surface area contributed by atoms with Gasteiger partial charge < -0.3 is 14.5 Å². The number of carbonyl (C=O) groups is 2. The molecule has 5 rings (SSSR count). The number of rotatable bonds is 1. The Hall–Kier alpha value is -1.40. The van der Waals surface area contributed by atoms with Crippen LogP contribution >= 0.6 is 11.3 Å². The summed E-state index contributed by atoms with van der Waals surface area (Å²) in [7, 11) is 0. The molecule has 0 N–H and O–H groups in total. The van der Waals surface area contributed by atoms with Crippen molar-refractivity contribution in [3.8, 4) is 0 Å². The zero-order valence-corrected chi connectivity index (χ0v) is 16.9. The Labute approximate surface area is 164 Å². The molecular weight excluding hydrogens is 360 g/mol. The molecule has 3 aliphatic heterocycles. The van der Waals surface area contributed by atoms with Crippen molar-refractivity contribution in [1.82, 2.24) is 9.80 Å². The molecule has 2 saturated heterocycles. The molecule has 0 unspecified atom stereocenters. The van der Waals surface area contributed by atoms with Crippen LogP contribution in [-0.2, 0) is 21.6 Å². The molecule has 2 amide bonds. The minimum absolute atomic E-state index is 0.141. The van der Waals surface area contributed by atoms with Gasteiger partial charge in [0.25, 0.3) is 5.91 Å². The largest absolute Gasteiger partial charge is 0.369 e. The molecule has 0 bridgehead atoms. The zero-order chi connectivity index (χ0) is 18.6. The summed E-state index contributed by atoms with van der Waals surface area (Å²) in [6.07, 6.45) is 8.49. The van der Waals surface area contributed by atoms with Gasteiger partial charge in [0.2, 0.25) is 5.91 Å². The maximum Gasteiger partial charge on any atom is 0.264 e. The number of hydrogen-bond donors (Lipinski definition) is 0. The number of fused-ring (bicyclic) bond motifs is 2. The van der Waals surface area contributed by atoms with Crippen LogP contribution in [0.1, 0.15) is 72.0 Å². The quantitative estimate of drug-likeness (QED) is 0.742. The highest BCUT2D eigenvalue weighted by atomic mass is 32.1. The number of thiophene rings is 1. The lowest BCUT2D eigenvalue weighted by Crippen LogP contribution is -2.47. The van der Waals surface area contributed by atoms with E-state index in [0.29, 0.717) is 6.61 Å². The Morgan fingerprint density at radius 1 is 1.07 bits per heavy atom. The first-order valence-corrected chi connectivity index (χ1v) is 11.2. The molecule has 0 radical (unpaired) electrons. The van der Waals surface area contributed by atoms with E-state index in [1.54, 1.807) is 18.3 Å². The molecule has 0 aromatic carbocycles. The van der Waals surface area contributed by atoms with E-state index in [-0.39, 0.29) is 23.0 Å². The number of piperidine rings is 2. The van der Waals surface area contributed by atoms with Crippen LogP contribution in [0.2, 0.25) is 0 Å². The topological polar surface area (TPSA) is 49.9 Å². The van der Waals surface area contributed by atoms with Gasteiger partial charge in [0.05, 0.1) is 11.5 Å². The first kappa shape index (κ1) is 17.7. The van der Waals surface area contributed by atoms with E-state index in [1.807, 2.05) is 4.90 Å². The molecule has 1 aliphatic carbocycles. The third kappa shape index (κ3) is 2.83. The molecule has 3 fully saturated rings. The van der Waals surface area contributed by atoms with E-state index < -0.39 is 0 Å². The van der Waals surface area contributed by atoms with E-state index in [2.05, 4.69) is 11.0 Å². The Balaban J connectivity index is 1.41. The minimum atomic E-state index is -0.290. The number of amides is 2. The fourth-order valence-corrected chi connectivity index (χ4v) is 6.65. The molecule has 6 heteroatoms. The monoisotopic (exact) mass is 388 g/mol. The maximum atomic E-state index is 13.3. The Kier molecular flexibility index (Phi) is 4.13. The summed E-state index contributed by atoms with van der Waals surface area (Å²) in [5.74, 6) is 0.380. The van der Waals surface area contributed by atoms with Crippen LogP contribution in [0.5, 0.6) is 0 Å². The van der Waals surface area contributed by atoms with Gasteiger partial charge in [0, 0.05) is 37.0 Å². The summed E-state index contributed by atoms with van der Waals surface area (Å²) in [6.45, 7) is 4.75. The van der Waals surface area contributed by atoms with Crippen molar-refractivity contribution in [2.24, 2.45) is 0 Å². The van der Waals surface area contributed by atoms with Crippen molar-refractivity contribution in [3.05, 3.63) is 21.4 Å². The van der Waals surface area contributed by atoms with Crippen molar-refractivity contribution in [1.29, 1.82) is 0 Å². The Morgan fingerprint density at radius 3 is 2.56 bits per heavy atom. The summed E-state index contributed by atoms with van der Waals surface area (Å²) in [6, 6.07) is 2.15. The van der Waals surface area contributed by atoms with Gasteiger partial charge in [-0.05, 0) is 63.0 Å². The van der Waals surface area contributed by atoms with Gasteiger partial charge in [-0.3, -0.25) is 9.59 Å². The lowest BCUT2D eigenvalue weighted by atomic mass is 9.85. The first-order valence-electron chi connectivity index (χ1n) is 10.4. The number of ether oxygens (including phenoxy) is 1. The summed E-state index contributed by atoms with van der Waals surface area (Å²) in [5, 5.41) is 0. The second-order valence-corrected chi connectivity index (χ2v) is 9.75. The fourth-order valence-electron chi connectivity index (χ4n) is 5.29. The number of likely N-dealkylation sites (tertiary alicyclic amines) is 2. The molecule has 5 nitrogen and oxygen atoms in total. The first-order chi connectivity index (χ1) is 13.0. The van der Waals surface area contributed by atoms with E-state index in [0.717, 1.165) is 50.2 Å². The van der Waals surface area contributed by atoms with E-state index in [1.165, 1.54) is 36.1 Å². The van der Waals surface area contributed by atoms with Gasteiger partial charge in [0.15, 0.2) is 0 Å². The van der Waals surface area contributed by atoms with Crippen molar-refractivity contribution in [2.75, 3.05) is 26.2 Å². The number of nitrogens with zero attached hydrogens (tertiary/aromatic N) is 2. The highest BCUT2D eigenvalue weighted by molar-refractivity contribution is 7.14. The lowest BCUT2D eigenvalue weighted by Gasteiger charge is -2.43. The van der Waals surface area contributed by atoms with Crippen LogP contribution in [0.15, 0.2) is 6.07 Å². The van der Waals surface area contributed by atoms with E-state index >= 15 is 0 Å². The van der Waals surface area contributed by atoms with Gasteiger partial charge in [-0.1, -0.05) is 0 Å². The highest BCUT2D eigenvalue weighted by Gasteiger charge is 2.51. The molecule has 0 atom stereocenters. The van der Waals surface area contributed by atoms with Crippen LogP contribution in [0.25, 0.3) is 0 Å². The Morgan fingerprint density at radius 2 is 1.85 bits per heavy atom. The highest BCUT2D eigenvalue weighted by Crippen LogP contribution is 2.50. The molecule has 27 heavy (non-hydrogen) atoms. The third-order valence-corrected chi connectivity index (χ3v) is 8.47. The molecule has 2 spiro atoms. The normalized spacial score (nSPS) is 25.5. The van der Waals surface area contributed by atoms with Crippen molar-refractivity contribution in [2.45, 2.75) is 69.4 Å². The number of carbonyl (C=O) groups excluding carboxylic acids is 2. The average Bonchev–Trinajstić information content (AvgIpc) is 3.28. The van der Waals surface area contributed by atoms with Gasteiger partial charge in [-0.15, -0.1) is 11.3 Å². The Bertz CT molecular complexity index is 774. The van der Waals surface area contributed by atoms with E-state index in [9.17, 15) is 9.59 Å². The van der Waals surface area contributed by atoms with Gasteiger partial charge >= 0.3 is 0 Å². The van der Waals surface area contributed by atoms with Crippen molar-refractivity contribution >= 4 is 23.2 Å². The smallest absolute Gasteiger partial charge is 0.264 e. The third-order valence-electron chi connectivity index (χ3n) is 7.12. The van der Waals surface area contributed by atoms with Crippen LogP contribution in [-0.4, -0.2) is 53.4 Å². The van der Waals surface area contributed by atoms with Crippen molar-refractivity contribution < 1.29 is 14.3 Å². The molecule has 1 saturated carbocycles. The molecular formula is C21H28N2O3S. The van der Waals surface area contributed by atoms with Crippen molar-refractivity contribution in [3.63, 3.8) is 0 Å². The standard InChI is InChI=1S/C21H28N2O3S/c1-15(24)22-11-8-21(9-12-22)18-16(4-13-26-21)14-17(27-18)19(25)23-10-3-2-5-20(23)6-7-20/h14H,2-13H2,1H3. The lowest BCUT2D eigenvalue weighted by molar-refractivity contribution is -0.138. The fraction of sp³-hybridized carbons (Fsp3) is 0.714. The summed E-state index contributed by atoms with van der Waals surface area (Å²) < 4.78 is 6.30. The maximum absolute atomic E-state index is 13.3. The van der Waals surface area contributed by atoms with Crippen LogP contribution in [0.4, 0.5) is 0 Å². The summed E-state index contributed by atoms with van der Waals surface area (Å²) in [5.41, 5.74) is 1.19. The van der Waals surface area contributed by atoms with Gasteiger partial charge in [0.1, 0.15) is 5.60 Å². The van der Waals surface area contributed by atoms with E-state index in [4.69, 9.17) is 4.74 Å². The summed E-state index contributed by atoms with van der Waals surface area (Å²) in [4.78, 5) is 31.3. The van der Waals surface area contributed by atoms with Crippen LogP contribution in [0.3, 0.4) is 0 Å². The second-order valence-electron chi connectivity index (χ2n) is 8.70. The molecule has 4 aliphatic rings. The molecule has 146 valence electrons. The SMILES string of the molecule is CC(=O)N1CCC2(CC1)OCCc1cc(C(=O)N3CCCCC34CC4)sc12. The van der Waals surface area contributed by atoms with Gasteiger partial charge in [-0.2, -0.15) is 0 Å². The predicted molar refractivity (Wildman–Crippen MR) is 104 cm³/mol. The minimum Gasteiger partial charge on any atom is -0.369 e. The molecule has 4 heterocycles. The van der Waals surface area contributed by atoms with Crippen LogP contribution < -0.4 is 0 Å². The van der Waals surface area contributed by atoms with Crippen LogP contribution in [0, 0.1) is 0 Å². The molecule has 1 aromatic rings. The zero-order valence-electron chi connectivity index (χ0n) is 16.1. The molecule has 1 aromatic heterocycles. The summed E-state index contributed by atoms with van der Waals surface area (Å²) >= 11 is 1.66. The second kappa shape index (κ2) is 6.31. The predicted octanol–water partition coefficient (Wildman–Crippen LogP) is 3.32. The van der Waals surface area contributed by atoms with Gasteiger partial charge in [-0.25, -0.2) is 0 Å². The average molecular weight is 389 g/mol.